The van der Waals surface area contributed by atoms with Gasteiger partial charge in [0.25, 0.3) is 0 Å². The molecule has 98 valence electrons. The summed E-state index contributed by atoms with van der Waals surface area (Å²) >= 11 is 0. The van der Waals surface area contributed by atoms with Crippen molar-refractivity contribution in [1.29, 1.82) is 0 Å². The summed E-state index contributed by atoms with van der Waals surface area (Å²) in [6.45, 7) is 2.29. The van der Waals surface area contributed by atoms with E-state index < -0.39 is 21.4 Å². The molecule has 0 saturated carbocycles. The van der Waals surface area contributed by atoms with Gasteiger partial charge in [0.05, 0.1) is 12.4 Å². The molecule has 2 unspecified atom stereocenters. The predicted molar refractivity (Wildman–Crippen MR) is 64.1 cm³/mol. The second-order valence-electron chi connectivity index (χ2n) is 3.74. The minimum atomic E-state index is -2.45. The van der Waals surface area contributed by atoms with Crippen LogP contribution in [0.4, 0.5) is 0 Å². The Hall–Kier alpha value is -0.140. The molecule has 0 N–H and O–H groups in total. The van der Waals surface area contributed by atoms with E-state index in [-0.39, 0.29) is 23.3 Å². The van der Waals surface area contributed by atoms with Crippen molar-refractivity contribution in [2.75, 3.05) is 25.2 Å². The van der Waals surface area contributed by atoms with E-state index >= 15 is 0 Å². The Labute approximate surface area is 100 Å². The fourth-order valence-electron chi connectivity index (χ4n) is 1.79. The van der Waals surface area contributed by atoms with Crippen LogP contribution in [0, 0.1) is 11.8 Å². The fourth-order valence-corrected chi connectivity index (χ4v) is 3.12. The third-order valence-corrected chi connectivity index (χ3v) is 4.03. The maximum absolute atomic E-state index is 10.7. The number of thiol groups is 2. The highest BCUT2D eigenvalue weighted by Gasteiger charge is 2.21. The van der Waals surface area contributed by atoms with Gasteiger partial charge in [-0.1, -0.05) is 13.3 Å². The quantitative estimate of drug-likeness (QED) is 0.573. The van der Waals surface area contributed by atoms with Gasteiger partial charge in [0.1, 0.15) is 21.4 Å². The van der Waals surface area contributed by atoms with Gasteiger partial charge in [-0.05, 0) is 18.3 Å². The van der Waals surface area contributed by atoms with Crippen molar-refractivity contribution in [2.45, 2.75) is 19.8 Å². The maximum atomic E-state index is 10.7. The largest absolute Gasteiger partial charge is 0.384 e. The van der Waals surface area contributed by atoms with E-state index in [9.17, 15) is 16.8 Å². The Bertz CT molecular complexity index is 306. The van der Waals surface area contributed by atoms with Crippen LogP contribution in [0.25, 0.3) is 0 Å². The van der Waals surface area contributed by atoms with Crippen molar-refractivity contribution < 1.29 is 21.6 Å². The smallest absolute Gasteiger partial charge is 0.140 e. The molecule has 0 fully saturated rings. The lowest BCUT2D eigenvalue weighted by molar-refractivity contribution is 0.128. The van der Waals surface area contributed by atoms with Crippen molar-refractivity contribution in [1.82, 2.24) is 0 Å². The lowest BCUT2D eigenvalue weighted by atomic mass is 9.90. The van der Waals surface area contributed by atoms with E-state index in [1.165, 1.54) is 7.11 Å². The highest BCUT2D eigenvalue weighted by Crippen LogP contribution is 2.20. The molecule has 0 aromatic carbocycles. The number of methoxy groups -OCH3 is 1. The molecule has 0 rings (SSSR count). The fraction of sp³-hybridized carbons (Fsp3) is 1.00. The summed E-state index contributed by atoms with van der Waals surface area (Å²) < 4.78 is 47.4. The first-order chi connectivity index (χ1) is 7.51. The van der Waals surface area contributed by atoms with Crippen LogP contribution in [0.2, 0.25) is 0 Å². The van der Waals surface area contributed by atoms with E-state index in [1.807, 2.05) is 6.92 Å². The van der Waals surface area contributed by atoms with Crippen LogP contribution in [-0.2, 0) is 26.1 Å². The average molecular weight is 272 g/mol. The highest BCUT2D eigenvalue weighted by molar-refractivity contribution is 7.72. The minimum Gasteiger partial charge on any atom is -0.384 e. The summed E-state index contributed by atoms with van der Waals surface area (Å²) in [7, 11) is -3.31. The second kappa shape index (κ2) is 8.95. The molecule has 0 heterocycles. The van der Waals surface area contributed by atoms with Gasteiger partial charge < -0.3 is 4.74 Å². The zero-order valence-electron chi connectivity index (χ0n) is 9.63. The topological polar surface area (TPSA) is 77.5 Å². The zero-order chi connectivity index (χ0) is 12.6. The number of hydrogen-bond donors (Lipinski definition) is 2. The number of rotatable bonds is 9. The van der Waals surface area contributed by atoms with Gasteiger partial charge in [-0.3, -0.25) is 0 Å². The number of hydrogen-bond acceptors (Lipinski definition) is 5. The van der Waals surface area contributed by atoms with E-state index in [0.29, 0.717) is 13.0 Å². The Morgan fingerprint density at radius 2 is 1.69 bits per heavy atom. The van der Waals surface area contributed by atoms with Crippen molar-refractivity contribution in [3.63, 3.8) is 0 Å². The van der Waals surface area contributed by atoms with Gasteiger partial charge in [-0.25, -0.2) is 16.8 Å². The summed E-state index contributed by atoms with van der Waals surface area (Å²) in [5.41, 5.74) is 0. The molecule has 0 aromatic heterocycles. The molecule has 0 saturated heterocycles. The summed E-state index contributed by atoms with van der Waals surface area (Å²) in [6.07, 6.45) is 1.27. The summed E-state index contributed by atoms with van der Waals surface area (Å²) in [5.74, 6) is 0.160. The highest BCUT2D eigenvalue weighted by atomic mass is 32.2. The molecule has 7 heteroatoms. The first-order valence-electron chi connectivity index (χ1n) is 5.23. The molecule has 5 nitrogen and oxygen atoms in total. The molecule has 0 spiro atoms. The van der Waals surface area contributed by atoms with Crippen LogP contribution in [0.5, 0.6) is 0 Å². The van der Waals surface area contributed by atoms with Crippen LogP contribution < -0.4 is 0 Å². The van der Waals surface area contributed by atoms with Crippen molar-refractivity contribution in [3.05, 3.63) is 0 Å². The van der Waals surface area contributed by atoms with Crippen LogP contribution in [-0.4, -0.2) is 42.1 Å². The molecular formula is C9H20O5S2. The SMILES string of the molecule is CCC(CC[SH](=O)=O)C(COC)C[SH](=O)=O. The van der Waals surface area contributed by atoms with Gasteiger partial charge in [-0.15, -0.1) is 0 Å². The molecule has 0 radical (unpaired) electrons. The molecule has 2 atom stereocenters. The van der Waals surface area contributed by atoms with E-state index in [2.05, 4.69) is 0 Å². The first kappa shape index (κ1) is 15.9. The third kappa shape index (κ3) is 7.19. The van der Waals surface area contributed by atoms with Gasteiger partial charge in [0, 0.05) is 12.9 Å². The maximum Gasteiger partial charge on any atom is 0.140 e. The molecule has 0 aromatic rings. The Morgan fingerprint density at radius 1 is 1.06 bits per heavy atom. The van der Waals surface area contributed by atoms with Gasteiger partial charge >= 0.3 is 0 Å². The van der Waals surface area contributed by atoms with E-state index in [4.69, 9.17) is 4.74 Å². The summed E-state index contributed by atoms with van der Waals surface area (Å²) in [4.78, 5) is 0. The van der Waals surface area contributed by atoms with Crippen LogP contribution in [0.15, 0.2) is 0 Å². The van der Waals surface area contributed by atoms with Gasteiger partial charge in [0.15, 0.2) is 0 Å². The van der Waals surface area contributed by atoms with E-state index in [0.717, 1.165) is 6.42 Å². The van der Waals surface area contributed by atoms with Crippen LogP contribution in [0.3, 0.4) is 0 Å². The predicted octanol–water partition coefficient (Wildman–Crippen LogP) is -0.112. The molecule has 0 amide bonds. The monoisotopic (exact) mass is 272 g/mol. The molecule has 0 aliphatic rings. The summed E-state index contributed by atoms with van der Waals surface area (Å²) in [5, 5.41) is 0. The lowest BCUT2D eigenvalue weighted by Crippen LogP contribution is -2.24. The molecule has 0 aliphatic heterocycles. The Balaban J connectivity index is 4.42. The van der Waals surface area contributed by atoms with E-state index in [1.54, 1.807) is 0 Å². The average Bonchev–Trinajstić information content (AvgIpc) is 2.17. The van der Waals surface area contributed by atoms with Gasteiger partial charge in [-0.2, -0.15) is 0 Å². The van der Waals surface area contributed by atoms with Crippen molar-refractivity contribution in [2.24, 2.45) is 11.8 Å². The summed E-state index contributed by atoms with van der Waals surface area (Å²) in [6, 6.07) is 0. The Morgan fingerprint density at radius 3 is 2.06 bits per heavy atom. The Kier molecular flexibility index (Phi) is 8.87. The third-order valence-electron chi connectivity index (χ3n) is 2.64. The zero-order valence-corrected chi connectivity index (χ0v) is 11.4. The van der Waals surface area contributed by atoms with Crippen molar-refractivity contribution in [3.8, 4) is 0 Å². The molecule has 0 aliphatic carbocycles. The van der Waals surface area contributed by atoms with Gasteiger partial charge in [0.2, 0.25) is 0 Å². The molecule has 0 bridgehead atoms. The lowest BCUT2D eigenvalue weighted by Gasteiger charge is -2.23. The normalized spacial score (nSPS) is 15.5. The number of ether oxygens (including phenoxy) is 1. The van der Waals surface area contributed by atoms with Crippen LogP contribution in [0.1, 0.15) is 19.8 Å². The standard InChI is InChI=1S/C9H20O5S2/c1-3-8(4-5-15(10)11)9(6-14-2)7-16(12)13/h8-9,15-16H,3-7H2,1-2H3. The second-order valence-corrected chi connectivity index (χ2v) is 5.89. The molecule has 16 heavy (non-hydrogen) atoms. The van der Waals surface area contributed by atoms with Crippen LogP contribution >= 0.6 is 0 Å². The molecular weight excluding hydrogens is 252 g/mol. The van der Waals surface area contributed by atoms with Crippen molar-refractivity contribution >= 4 is 21.4 Å². The minimum absolute atomic E-state index is 0.0668. The first-order valence-corrected chi connectivity index (χ1v) is 7.96.